The van der Waals surface area contributed by atoms with Crippen LogP contribution in [0.3, 0.4) is 0 Å². The zero-order chi connectivity index (χ0) is 21.4. The normalized spacial score (nSPS) is 10.2. The van der Waals surface area contributed by atoms with Gasteiger partial charge in [0, 0.05) is 36.8 Å². The van der Waals surface area contributed by atoms with E-state index in [1.807, 2.05) is 31.2 Å². The molecule has 0 aromatic heterocycles. The van der Waals surface area contributed by atoms with Crippen LogP contribution in [0.1, 0.15) is 35.3 Å². The van der Waals surface area contributed by atoms with E-state index >= 15 is 0 Å². The van der Waals surface area contributed by atoms with Gasteiger partial charge in [-0.2, -0.15) is 0 Å². The molecule has 6 heteroatoms. The third-order valence-corrected chi connectivity index (χ3v) is 4.57. The summed E-state index contributed by atoms with van der Waals surface area (Å²) in [7, 11) is 3.10. The Bertz CT molecular complexity index is 892. The Labute approximate surface area is 172 Å². The van der Waals surface area contributed by atoms with Crippen LogP contribution in [-0.4, -0.2) is 37.5 Å². The van der Waals surface area contributed by atoms with E-state index < -0.39 is 0 Å². The average molecular weight is 396 g/mol. The molecule has 0 saturated heterocycles. The van der Waals surface area contributed by atoms with Crippen molar-refractivity contribution < 1.29 is 19.1 Å². The second-order valence-corrected chi connectivity index (χ2v) is 6.55. The second kappa shape index (κ2) is 10.3. The number of rotatable bonds is 9. The molecule has 2 aromatic carbocycles. The van der Waals surface area contributed by atoms with Crippen molar-refractivity contribution in [3.63, 3.8) is 0 Å². The maximum atomic E-state index is 12.8. The van der Waals surface area contributed by atoms with Gasteiger partial charge in [0.1, 0.15) is 0 Å². The highest BCUT2D eigenvalue weighted by molar-refractivity contribution is 6.05. The highest BCUT2D eigenvalue weighted by Crippen LogP contribution is 2.33. The first-order chi connectivity index (χ1) is 13.9. The van der Waals surface area contributed by atoms with Gasteiger partial charge in [0.05, 0.1) is 14.2 Å². The smallest absolute Gasteiger partial charge is 0.255 e. The van der Waals surface area contributed by atoms with Crippen molar-refractivity contribution in [2.75, 3.05) is 26.1 Å². The van der Waals surface area contributed by atoms with Gasteiger partial charge in [-0.25, -0.2) is 0 Å². The summed E-state index contributed by atoms with van der Waals surface area (Å²) in [6.07, 6.45) is 2.30. The molecule has 0 spiro atoms. The van der Waals surface area contributed by atoms with Gasteiger partial charge in [-0.15, -0.1) is 6.58 Å². The number of nitrogens with one attached hydrogen (secondary N) is 1. The minimum Gasteiger partial charge on any atom is -0.493 e. The highest BCUT2D eigenvalue weighted by atomic mass is 16.5. The summed E-state index contributed by atoms with van der Waals surface area (Å²) in [6.45, 7) is 8.36. The van der Waals surface area contributed by atoms with E-state index in [4.69, 9.17) is 9.47 Å². The van der Waals surface area contributed by atoms with Crippen LogP contribution in [-0.2, 0) is 17.8 Å². The van der Waals surface area contributed by atoms with Gasteiger partial charge in [-0.3, -0.25) is 9.59 Å². The monoisotopic (exact) mass is 396 g/mol. The van der Waals surface area contributed by atoms with Crippen LogP contribution < -0.4 is 14.8 Å². The Morgan fingerprint density at radius 3 is 2.52 bits per heavy atom. The van der Waals surface area contributed by atoms with E-state index in [2.05, 4.69) is 11.9 Å². The second-order valence-electron chi connectivity index (χ2n) is 6.55. The molecule has 0 radical (unpaired) electrons. The maximum Gasteiger partial charge on any atom is 0.255 e. The number of methoxy groups -OCH3 is 2. The SMILES string of the molecule is C=CCc1cc(C(=O)Nc2cccc(CN(CC)C(C)=O)c2)cc(OC)c1OC. The van der Waals surface area contributed by atoms with Crippen molar-refractivity contribution in [2.45, 2.75) is 26.8 Å². The zero-order valence-corrected chi connectivity index (χ0v) is 17.5. The average Bonchev–Trinajstić information content (AvgIpc) is 2.71. The van der Waals surface area contributed by atoms with Crippen LogP contribution in [0.25, 0.3) is 0 Å². The number of hydrogen-bond donors (Lipinski definition) is 1. The van der Waals surface area contributed by atoms with Crippen molar-refractivity contribution in [1.29, 1.82) is 0 Å². The lowest BCUT2D eigenvalue weighted by molar-refractivity contribution is -0.129. The molecule has 2 aromatic rings. The molecule has 2 rings (SSSR count). The Balaban J connectivity index is 2.26. The number of anilines is 1. The van der Waals surface area contributed by atoms with E-state index in [9.17, 15) is 9.59 Å². The molecule has 0 heterocycles. The first-order valence-corrected chi connectivity index (χ1v) is 9.45. The number of amides is 2. The molecular formula is C23H28N2O4. The first-order valence-electron chi connectivity index (χ1n) is 9.45. The lowest BCUT2D eigenvalue weighted by Gasteiger charge is -2.19. The van der Waals surface area contributed by atoms with E-state index in [1.54, 1.807) is 37.1 Å². The molecule has 6 nitrogen and oxygen atoms in total. The van der Waals surface area contributed by atoms with Crippen LogP contribution in [0.4, 0.5) is 5.69 Å². The third kappa shape index (κ3) is 5.60. The summed E-state index contributed by atoms with van der Waals surface area (Å²) < 4.78 is 10.8. The summed E-state index contributed by atoms with van der Waals surface area (Å²) in [5.74, 6) is 0.843. The quantitative estimate of drug-likeness (QED) is 0.649. The number of carbonyl (C=O) groups is 2. The zero-order valence-electron chi connectivity index (χ0n) is 17.5. The van der Waals surface area contributed by atoms with Crippen molar-refractivity contribution in [2.24, 2.45) is 0 Å². The lowest BCUT2D eigenvalue weighted by Crippen LogP contribution is -2.27. The minimum absolute atomic E-state index is 0.0158. The Kier molecular flexibility index (Phi) is 7.83. The molecular weight excluding hydrogens is 368 g/mol. The Morgan fingerprint density at radius 1 is 1.17 bits per heavy atom. The fourth-order valence-corrected chi connectivity index (χ4v) is 3.10. The summed E-state index contributed by atoms with van der Waals surface area (Å²) in [4.78, 5) is 26.2. The standard InChI is InChI=1S/C23H28N2O4/c1-6-9-18-13-19(14-21(28-4)22(18)29-5)23(27)24-20-11-8-10-17(12-20)15-25(7-2)16(3)26/h6,8,10-14H,1,7,9,15H2,2-5H3,(H,24,27). The molecule has 0 aliphatic rings. The van der Waals surface area contributed by atoms with Crippen molar-refractivity contribution in [1.82, 2.24) is 4.90 Å². The van der Waals surface area contributed by atoms with Gasteiger partial charge < -0.3 is 19.7 Å². The van der Waals surface area contributed by atoms with Crippen LogP contribution in [0, 0.1) is 0 Å². The first kappa shape index (κ1) is 22.0. The van der Waals surface area contributed by atoms with Gasteiger partial charge in [-0.05, 0) is 43.2 Å². The lowest BCUT2D eigenvalue weighted by atomic mass is 10.0. The van der Waals surface area contributed by atoms with Crippen molar-refractivity contribution in [3.8, 4) is 11.5 Å². The van der Waals surface area contributed by atoms with Gasteiger partial charge in [0.15, 0.2) is 11.5 Å². The van der Waals surface area contributed by atoms with E-state index in [0.717, 1.165) is 11.1 Å². The number of allylic oxidation sites excluding steroid dienone is 1. The molecule has 1 N–H and O–H groups in total. The molecule has 0 bridgehead atoms. The molecule has 2 amide bonds. The summed E-state index contributed by atoms with van der Waals surface area (Å²) in [5, 5.41) is 2.91. The molecule has 0 saturated carbocycles. The molecule has 154 valence electrons. The highest BCUT2D eigenvalue weighted by Gasteiger charge is 2.16. The maximum absolute atomic E-state index is 12.8. The fraction of sp³-hybridized carbons (Fsp3) is 0.304. The van der Waals surface area contributed by atoms with Crippen LogP contribution in [0.5, 0.6) is 11.5 Å². The largest absolute Gasteiger partial charge is 0.493 e. The number of carbonyl (C=O) groups excluding carboxylic acids is 2. The number of nitrogens with zero attached hydrogens (tertiary/aromatic N) is 1. The van der Waals surface area contributed by atoms with Crippen LogP contribution in [0.2, 0.25) is 0 Å². The number of benzene rings is 2. The molecule has 0 atom stereocenters. The van der Waals surface area contributed by atoms with Gasteiger partial charge in [0.2, 0.25) is 5.91 Å². The topological polar surface area (TPSA) is 67.9 Å². The number of hydrogen-bond acceptors (Lipinski definition) is 4. The fourth-order valence-electron chi connectivity index (χ4n) is 3.10. The van der Waals surface area contributed by atoms with Crippen LogP contribution >= 0.6 is 0 Å². The van der Waals surface area contributed by atoms with E-state index in [0.29, 0.717) is 42.3 Å². The molecule has 29 heavy (non-hydrogen) atoms. The molecule has 0 aliphatic carbocycles. The van der Waals surface area contributed by atoms with Gasteiger partial charge in [0.25, 0.3) is 5.91 Å². The molecule has 0 fully saturated rings. The van der Waals surface area contributed by atoms with E-state index in [-0.39, 0.29) is 11.8 Å². The van der Waals surface area contributed by atoms with Gasteiger partial charge >= 0.3 is 0 Å². The summed E-state index contributed by atoms with van der Waals surface area (Å²) in [6, 6.07) is 10.9. The van der Waals surface area contributed by atoms with E-state index in [1.165, 1.54) is 7.11 Å². The van der Waals surface area contributed by atoms with Crippen LogP contribution in [0.15, 0.2) is 49.1 Å². The molecule has 0 unspecified atom stereocenters. The predicted molar refractivity (Wildman–Crippen MR) is 115 cm³/mol. The molecule has 0 aliphatic heterocycles. The Hall–Kier alpha value is -3.28. The van der Waals surface area contributed by atoms with Crippen molar-refractivity contribution in [3.05, 3.63) is 65.7 Å². The van der Waals surface area contributed by atoms with Gasteiger partial charge in [-0.1, -0.05) is 18.2 Å². The summed E-state index contributed by atoms with van der Waals surface area (Å²) >= 11 is 0. The predicted octanol–water partition coefficient (Wildman–Crippen LogP) is 4.05. The summed E-state index contributed by atoms with van der Waals surface area (Å²) in [5.41, 5.74) is 2.89. The minimum atomic E-state index is -0.257. The van der Waals surface area contributed by atoms with Crippen molar-refractivity contribution >= 4 is 17.5 Å². The third-order valence-electron chi connectivity index (χ3n) is 4.57. The number of ether oxygens (including phenoxy) is 2. The Morgan fingerprint density at radius 2 is 1.93 bits per heavy atom.